The molecule has 2 aromatic heterocycles. The summed E-state index contributed by atoms with van der Waals surface area (Å²) in [6.45, 7) is 0.305. The summed E-state index contributed by atoms with van der Waals surface area (Å²) >= 11 is 0. The van der Waals surface area contributed by atoms with Crippen LogP contribution in [0.2, 0.25) is 0 Å². The SMILES string of the molecule is O=c1[nH]c(=O)n(Cc2ccccc2)c2nncc(-c3ccccc3)c12. The van der Waals surface area contributed by atoms with Crippen LogP contribution in [-0.4, -0.2) is 19.7 Å². The third-order valence-electron chi connectivity index (χ3n) is 4.05. The minimum Gasteiger partial charge on any atom is -0.273 e. The van der Waals surface area contributed by atoms with Crippen molar-refractivity contribution < 1.29 is 0 Å². The molecule has 0 atom stereocenters. The zero-order valence-corrected chi connectivity index (χ0v) is 13.2. The molecule has 0 saturated heterocycles. The average Bonchev–Trinajstić information content (AvgIpc) is 2.66. The summed E-state index contributed by atoms with van der Waals surface area (Å²) in [6.07, 6.45) is 1.55. The molecule has 0 fully saturated rings. The lowest BCUT2D eigenvalue weighted by Crippen LogP contribution is -2.31. The van der Waals surface area contributed by atoms with E-state index in [0.717, 1.165) is 11.1 Å². The molecule has 0 radical (unpaired) electrons. The van der Waals surface area contributed by atoms with Crippen LogP contribution in [-0.2, 0) is 6.54 Å². The molecule has 4 rings (SSSR count). The van der Waals surface area contributed by atoms with Gasteiger partial charge in [-0.05, 0) is 11.1 Å². The molecule has 2 heterocycles. The van der Waals surface area contributed by atoms with Gasteiger partial charge in [-0.15, -0.1) is 5.10 Å². The molecule has 4 aromatic rings. The van der Waals surface area contributed by atoms with E-state index < -0.39 is 11.2 Å². The van der Waals surface area contributed by atoms with Gasteiger partial charge in [-0.3, -0.25) is 14.3 Å². The molecule has 0 spiro atoms. The Hall–Kier alpha value is -3.54. The molecule has 2 aromatic carbocycles. The van der Waals surface area contributed by atoms with Gasteiger partial charge in [0, 0.05) is 5.56 Å². The molecule has 6 nitrogen and oxygen atoms in total. The number of H-pyrrole nitrogens is 1. The van der Waals surface area contributed by atoms with E-state index in [0.29, 0.717) is 17.5 Å². The Morgan fingerprint density at radius 2 is 1.60 bits per heavy atom. The highest BCUT2D eigenvalue weighted by Gasteiger charge is 2.14. The zero-order valence-electron chi connectivity index (χ0n) is 13.2. The van der Waals surface area contributed by atoms with Crippen LogP contribution in [0.1, 0.15) is 5.56 Å². The summed E-state index contributed by atoms with van der Waals surface area (Å²) in [5.41, 5.74) is 1.74. The molecule has 0 unspecified atom stereocenters. The lowest BCUT2D eigenvalue weighted by Gasteiger charge is -2.10. The van der Waals surface area contributed by atoms with Crippen molar-refractivity contribution in [1.82, 2.24) is 19.7 Å². The molecule has 1 N–H and O–H groups in total. The maximum Gasteiger partial charge on any atom is 0.330 e. The van der Waals surface area contributed by atoms with Gasteiger partial charge in [0.2, 0.25) is 0 Å². The number of hydrogen-bond acceptors (Lipinski definition) is 4. The lowest BCUT2D eigenvalue weighted by atomic mass is 10.1. The van der Waals surface area contributed by atoms with E-state index in [-0.39, 0.29) is 5.65 Å². The highest BCUT2D eigenvalue weighted by Crippen LogP contribution is 2.23. The molecule has 6 heteroatoms. The van der Waals surface area contributed by atoms with Crippen LogP contribution in [0.15, 0.2) is 76.4 Å². The van der Waals surface area contributed by atoms with Gasteiger partial charge in [0.15, 0.2) is 5.65 Å². The van der Waals surface area contributed by atoms with Crippen molar-refractivity contribution >= 4 is 11.0 Å². The Morgan fingerprint density at radius 3 is 2.32 bits per heavy atom. The number of nitrogens with zero attached hydrogens (tertiary/aromatic N) is 3. The van der Waals surface area contributed by atoms with Crippen LogP contribution in [0.3, 0.4) is 0 Å². The predicted octanol–water partition coefficient (Wildman–Crippen LogP) is 2.20. The molecule has 0 aliphatic carbocycles. The molecule has 0 bridgehead atoms. The summed E-state index contributed by atoms with van der Waals surface area (Å²) in [6, 6.07) is 19.0. The monoisotopic (exact) mass is 330 g/mol. The van der Waals surface area contributed by atoms with Gasteiger partial charge in [0.05, 0.1) is 18.1 Å². The summed E-state index contributed by atoms with van der Waals surface area (Å²) in [5, 5.41) is 8.45. The highest BCUT2D eigenvalue weighted by atomic mass is 16.2. The molecule has 122 valence electrons. The van der Waals surface area contributed by atoms with Crippen LogP contribution in [0, 0.1) is 0 Å². The zero-order chi connectivity index (χ0) is 17.2. The van der Waals surface area contributed by atoms with Crippen molar-refractivity contribution in [2.24, 2.45) is 0 Å². The Balaban J connectivity index is 1.99. The Labute approximate surface area is 142 Å². The quantitative estimate of drug-likeness (QED) is 0.624. The van der Waals surface area contributed by atoms with Gasteiger partial charge in [0.25, 0.3) is 5.56 Å². The smallest absolute Gasteiger partial charge is 0.273 e. The third-order valence-corrected chi connectivity index (χ3v) is 4.05. The number of aromatic nitrogens is 4. The van der Waals surface area contributed by atoms with Gasteiger partial charge in [-0.2, -0.15) is 5.10 Å². The molecular formula is C19H14N4O2. The van der Waals surface area contributed by atoms with Crippen molar-refractivity contribution in [2.75, 3.05) is 0 Å². The van der Waals surface area contributed by atoms with E-state index in [9.17, 15) is 9.59 Å². The fourth-order valence-electron chi connectivity index (χ4n) is 2.86. The molecule has 25 heavy (non-hydrogen) atoms. The topological polar surface area (TPSA) is 80.6 Å². The first-order valence-electron chi connectivity index (χ1n) is 7.82. The van der Waals surface area contributed by atoms with Gasteiger partial charge in [-0.25, -0.2) is 4.79 Å². The molecular weight excluding hydrogens is 316 g/mol. The second kappa shape index (κ2) is 6.16. The fourth-order valence-corrected chi connectivity index (χ4v) is 2.86. The molecule has 0 aliphatic rings. The fraction of sp³-hybridized carbons (Fsp3) is 0.0526. The molecule has 0 amide bonds. The second-order valence-corrected chi connectivity index (χ2v) is 5.65. The Kier molecular flexibility index (Phi) is 3.70. The van der Waals surface area contributed by atoms with Gasteiger partial charge < -0.3 is 0 Å². The number of hydrogen-bond donors (Lipinski definition) is 1. The van der Waals surface area contributed by atoms with E-state index in [2.05, 4.69) is 15.2 Å². The summed E-state index contributed by atoms with van der Waals surface area (Å²) in [5.74, 6) is 0. The largest absolute Gasteiger partial charge is 0.330 e. The first-order chi connectivity index (χ1) is 12.2. The van der Waals surface area contributed by atoms with Crippen LogP contribution in [0.5, 0.6) is 0 Å². The van der Waals surface area contributed by atoms with Gasteiger partial charge in [-0.1, -0.05) is 60.7 Å². The van der Waals surface area contributed by atoms with E-state index >= 15 is 0 Å². The number of nitrogens with one attached hydrogen (secondary N) is 1. The first kappa shape index (κ1) is 15.0. The van der Waals surface area contributed by atoms with Gasteiger partial charge >= 0.3 is 5.69 Å². The Morgan fingerprint density at radius 1 is 0.920 bits per heavy atom. The minimum absolute atomic E-state index is 0.277. The van der Waals surface area contributed by atoms with Crippen molar-refractivity contribution in [3.8, 4) is 11.1 Å². The molecule has 0 saturated carbocycles. The van der Waals surface area contributed by atoms with Crippen LogP contribution in [0.4, 0.5) is 0 Å². The number of benzene rings is 2. The minimum atomic E-state index is -0.499. The summed E-state index contributed by atoms with van der Waals surface area (Å²) in [7, 11) is 0. The number of aromatic amines is 1. The van der Waals surface area contributed by atoms with Crippen molar-refractivity contribution in [3.63, 3.8) is 0 Å². The maximum absolute atomic E-state index is 12.5. The van der Waals surface area contributed by atoms with E-state index in [4.69, 9.17) is 0 Å². The first-order valence-corrected chi connectivity index (χ1v) is 7.82. The summed E-state index contributed by atoms with van der Waals surface area (Å²) in [4.78, 5) is 27.2. The number of rotatable bonds is 3. The standard InChI is InChI=1S/C19H14N4O2/c24-18-16-15(14-9-5-2-6-10-14)11-20-22-17(16)23(19(25)21-18)12-13-7-3-1-4-8-13/h1-11H,12H2,(H,21,24,25). The van der Waals surface area contributed by atoms with Gasteiger partial charge in [0.1, 0.15) is 0 Å². The Bertz CT molecular complexity index is 1150. The van der Waals surface area contributed by atoms with Crippen molar-refractivity contribution in [2.45, 2.75) is 6.54 Å². The average molecular weight is 330 g/mol. The second-order valence-electron chi connectivity index (χ2n) is 5.65. The van der Waals surface area contributed by atoms with Crippen molar-refractivity contribution in [1.29, 1.82) is 0 Å². The van der Waals surface area contributed by atoms with Crippen molar-refractivity contribution in [3.05, 3.63) is 93.3 Å². The predicted molar refractivity (Wildman–Crippen MR) is 95.4 cm³/mol. The van der Waals surface area contributed by atoms with E-state index in [1.54, 1.807) is 6.20 Å². The van der Waals surface area contributed by atoms with Crippen LogP contribution in [0.25, 0.3) is 22.2 Å². The van der Waals surface area contributed by atoms with E-state index in [1.807, 2.05) is 60.7 Å². The maximum atomic E-state index is 12.5. The van der Waals surface area contributed by atoms with E-state index in [1.165, 1.54) is 4.57 Å². The van der Waals surface area contributed by atoms with Crippen LogP contribution >= 0.6 is 0 Å². The molecule has 0 aliphatic heterocycles. The van der Waals surface area contributed by atoms with Crippen LogP contribution < -0.4 is 11.2 Å². The third kappa shape index (κ3) is 2.74. The lowest BCUT2D eigenvalue weighted by molar-refractivity contribution is 0.738. The summed E-state index contributed by atoms with van der Waals surface area (Å²) < 4.78 is 1.44. The highest BCUT2D eigenvalue weighted by molar-refractivity contribution is 5.91. The normalized spacial score (nSPS) is 10.9. The number of fused-ring (bicyclic) bond motifs is 1.